The van der Waals surface area contributed by atoms with Gasteiger partial charge in [0.25, 0.3) is 5.91 Å². The largest absolute Gasteiger partial charge is 0.480 e. The third-order valence-corrected chi connectivity index (χ3v) is 5.38. The van der Waals surface area contributed by atoms with Crippen LogP contribution >= 0.6 is 22.9 Å². The van der Waals surface area contributed by atoms with Gasteiger partial charge in [-0.1, -0.05) is 17.7 Å². The molecule has 4 aromatic rings. The number of aryl methyl sites for hydroxylation is 1. The lowest BCUT2D eigenvalue weighted by molar-refractivity contribution is 0.103. The van der Waals surface area contributed by atoms with Crippen LogP contribution in [0.2, 0.25) is 5.02 Å². The van der Waals surface area contributed by atoms with Crippen LogP contribution in [0.3, 0.4) is 0 Å². The normalized spacial score (nSPS) is 10.9. The molecule has 1 amide bonds. The highest BCUT2D eigenvalue weighted by atomic mass is 35.5. The summed E-state index contributed by atoms with van der Waals surface area (Å²) in [6, 6.07) is 12.8. The van der Waals surface area contributed by atoms with Crippen LogP contribution in [0.1, 0.15) is 15.4 Å². The van der Waals surface area contributed by atoms with Crippen LogP contribution < -0.4 is 10.1 Å². The molecular formula is C19H15ClN4O2S. The molecule has 136 valence electrons. The number of carbonyl (C=O) groups is 1. The first kappa shape index (κ1) is 17.5. The predicted octanol–water partition coefficient (Wildman–Crippen LogP) is 4.70. The molecule has 0 unspecified atom stereocenters. The number of carbonyl (C=O) groups excluding carboxylic acids is 1. The maximum Gasteiger partial charge on any atom is 0.265 e. The number of fused-ring (bicyclic) bond motifs is 1. The topological polar surface area (TPSA) is 69.0 Å². The van der Waals surface area contributed by atoms with Gasteiger partial charge in [-0.05, 0) is 43.3 Å². The van der Waals surface area contributed by atoms with Crippen LogP contribution in [0.4, 0.5) is 5.69 Å². The number of amides is 1. The fourth-order valence-corrected chi connectivity index (χ4v) is 4.04. The Morgan fingerprint density at radius 2 is 2.11 bits per heavy atom. The van der Waals surface area contributed by atoms with E-state index in [0.717, 1.165) is 21.6 Å². The molecule has 0 spiro atoms. The number of hydrogen-bond acceptors (Lipinski definition) is 5. The minimum atomic E-state index is -0.223. The number of methoxy groups -OCH3 is 1. The van der Waals surface area contributed by atoms with Gasteiger partial charge in [-0.3, -0.25) is 4.79 Å². The van der Waals surface area contributed by atoms with Gasteiger partial charge in [0, 0.05) is 16.6 Å². The van der Waals surface area contributed by atoms with E-state index >= 15 is 0 Å². The average molecular weight is 399 g/mol. The number of hydrogen-bond donors (Lipinski definition) is 1. The van der Waals surface area contributed by atoms with Crippen molar-refractivity contribution in [2.75, 3.05) is 12.4 Å². The van der Waals surface area contributed by atoms with Crippen LogP contribution in [0.15, 0.2) is 48.7 Å². The van der Waals surface area contributed by atoms with Gasteiger partial charge in [0.1, 0.15) is 10.5 Å². The number of benzene rings is 1. The summed E-state index contributed by atoms with van der Waals surface area (Å²) in [7, 11) is 1.51. The van der Waals surface area contributed by atoms with Crippen LogP contribution in [0.25, 0.3) is 15.9 Å². The quantitative estimate of drug-likeness (QED) is 0.540. The molecule has 1 aromatic carbocycles. The van der Waals surface area contributed by atoms with E-state index in [2.05, 4.69) is 15.4 Å². The van der Waals surface area contributed by atoms with E-state index in [1.807, 2.05) is 41.9 Å². The summed E-state index contributed by atoms with van der Waals surface area (Å²) in [4.78, 5) is 18.3. The lowest BCUT2D eigenvalue weighted by atomic mass is 10.3. The molecule has 27 heavy (non-hydrogen) atoms. The summed E-state index contributed by atoms with van der Waals surface area (Å²) in [5, 5.41) is 8.99. The van der Waals surface area contributed by atoms with Crippen molar-refractivity contribution in [3.63, 3.8) is 0 Å². The number of halogens is 1. The van der Waals surface area contributed by atoms with Crippen molar-refractivity contribution in [3.05, 3.63) is 64.3 Å². The number of pyridine rings is 1. The Morgan fingerprint density at radius 1 is 1.26 bits per heavy atom. The van der Waals surface area contributed by atoms with Gasteiger partial charge in [-0.2, -0.15) is 5.10 Å². The van der Waals surface area contributed by atoms with E-state index in [1.165, 1.54) is 18.4 Å². The minimum absolute atomic E-state index is 0.223. The van der Waals surface area contributed by atoms with Crippen molar-refractivity contribution in [2.45, 2.75) is 6.92 Å². The minimum Gasteiger partial charge on any atom is -0.480 e. The third kappa shape index (κ3) is 3.27. The number of aromatic nitrogens is 3. The van der Waals surface area contributed by atoms with Crippen molar-refractivity contribution in [3.8, 4) is 11.6 Å². The predicted molar refractivity (Wildman–Crippen MR) is 107 cm³/mol. The zero-order valence-corrected chi connectivity index (χ0v) is 16.1. The van der Waals surface area contributed by atoms with Crippen molar-refractivity contribution in [1.29, 1.82) is 0 Å². The van der Waals surface area contributed by atoms with Crippen molar-refractivity contribution in [2.24, 2.45) is 0 Å². The molecule has 1 N–H and O–H groups in total. The van der Waals surface area contributed by atoms with Crippen molar-refractivity contribution in [1.82, 2.24) is 14.8 Å². The summed E-state index contributed by atoms with van der Waals surface area (Å²) in [5.41, 5.74) is 2.22. The molecule has 0 bridgehead atoms. The Labute approximate surface area is 164 Å². The maximum absolute atomic E-state index is 12.7. The summed E-state index contributed by atoms with van der Waals surface area (Å²) < 4.78 is 6.99. The van der Waals surface area contributed by atoms with E-state index in [4.69, 9.17) is 16.3 Å². The average Bonchev–Trinajstić information content (AvgIpc) is 3.23. The molecule has 0 aliphatic carbocycles. The first-order valence-electron chi connectivity index (χ1n) is 8.12. The van der Waals surface area contributed by atoms with E-state index in [9.17, 15) is 4.79 Å². The highest BCUT2D eigenvalue weighted by molar-refractivity contribution is 7.20. The van der Waals surface area contributed by atoms with Crippen LogP contribution in [-0.2, 0) is 0 Å². The van der Waals surface area contributed by atoms with E-state index in [1.54, 1.807) is 18.3 Å². The molecule has 0 fully saturated rings. The number of nitrogens with one attached hydrogen (secondary N) is 1. The molecular weight excluding hydrogens is 384 g/mol. The monoisotopic (exact) mass is 398 g/mol. The summed E-state index contributed by atoms with van der Waals surface area (Å²) in [6.45, 7) is 1.92. The van der Waals surface area contributed by atoms with Gasteiger partial charge in [0.15, 0.2) is 0 Å². The standard InChI is InChI=1S/C19H15ClN4O2S/c1-11-14-10-16(17(25)22-15-7-4-8-21-18(15)26-2)27-19(14)24(23-11)13-6-3-5-12(20)9-13/h3-10H,1-2H3,(H,22,25). The SMILES string of the molecule is COc1ncccc1NC(=O)c1cc2c(C)nn(-c3cccc(Cl)c3)c2s1. The summed E-state index contributed by atoms with van der Waals surface area (Å²) in [6.07, 6.45) is 1.61. The van der Waals surface area contributed by atoms with Gasteiger partial charge < -0.3 is 10.1 Å². The second-order valence-electron chi connectivity index (χ2n) is 5.82. The molecule has 0 aliphatic heterocycles. The Hall–Kier alpha value is -2.90. The first-order valence-corrected chi connectivity index (χ1v) is 9.31. The molecule has 3 aromatic heterocycles. The number of anilines is 1. The molecule has 8 heteroatoms. The highest BCUT2D eigenvalue weighted by Crippen LogP contribution is 2.32. The van der Waals surface area contributed by atoms with Crippen LogP contribution in [0.5, 0.6) is 5.88 Å². The second-order valence-corrected chi connectivity index (χ2v) is 7.29. The highest BCUT2D eigenvalue weighted by Gasteiger charge is 2.18. The lowest BCUT2D eigenvalue weighted by Crippen LogP contribution is -2.11. The first-order chi connectivity index (χ1) is 13.1. The zero-order chi connectivity index (χ0) is 19.0. The Bertz CT molecular complexity index is 1150. The van der Waals surface area contributed by atoms with Gasteiger partial charge in [0.2, 0.25) is 5.88 Å². The lowest BCUT2D eigenvalue weighted by Gasteiger charge is -2.07. The van der Waals surface area contributed by atoms with Crippen molar-refractivity contribution < 1.29 is 9.53 Å². The smallest absolute Gasteiger partial charge is 0.265 e. The number of ether oxygens (including phenoxy) is 1. The van der Waals surface area contributed by atoms with Crippen LogP contribution in [0, 0.1) is 6.92 Å². The fourth-order valence-electron chi connectivity index (χ4n) is 2.77. The summed E-state index contributed by atoms with van der Waals surface area (Å²) >= 11 is 7.48. The molecule has 0 saturated carbocycles. The Balaban J connectivity index is 1.71. The molecule has 0 atom stereocenters. The Morgan fingerprint density at radius 3 is 2.89 bits per heavy atom. The zero-order valence-electron chi connectivity index (χ0n) is 14.6. The molecule has 3 heterocycles. The molecule has 0 aliphatic rings. The van der Waals surface area contributed by atoms with E-state index in [-0.39, 0.29) is 5.91 Å². The number of rotatable bonds is 4. The molecule has 6 nitrogen and oxygen atoms in total. The van der Waals surface area contributed by atoms with Crippen molar-refractivity contribution >= 4 is 44.7 Å². The summed E-state index contributed by atoms with van der Waals surface area (Å²) in [5.74, 6) is 0.146. The van der Waals surface area contributed by atoms with E-state index in [0.29, 0.717) is 21.5 Å². The number of nitrogens with zero attached hydrogens (tertiary/aromatic N) is 3. The molecule has 4 rings (SSSR count). The van der Waals surface area contributed by atoms with Gasteiger partial charge in [-0.15, -0.1) is 11.3 Å². The molecule has 0 radical (unpaired) electrons. The second kappa shape index (κ2) is 7.02. The van der Waals surface area contributed by atoms with E-state index < -0.39 is 0 Å². The van der Waals surface area contributed by atoms with Gasteiger partial charge in [-0.25, -0.2) is 9.67 Å². The fraction of sp³-hybridized carbons (Fsp3) is 0.105. The maximum atomic E-state index is 12.7. The van der Waals surface area contributed by atoms with Gasteiger partial charge >= 0.3 is 0 Å². The van der Waals surface area contributed by atoms with Gasteiger partial charge in [0.05, 0.1) is 23.4 Å². The number of thiophene rings is 1. The molecule has 0 saturated heterocycles. The Kier molecular flexibility index (Phi) is 4.55. The van der Waals surface area contributed by atoms with Crippen LogP contribution in [-0.4, -0.2) is 27.8 Å². The third-order valence-electron chi connectivity index (χ3n) is 4.03.